The molecule has 0 saturated carbocycles. The van der Waals surface area contributed by atoms with Crippen LogP contribution in [0.4, 0.5) is 5.13 Å². The summed E-state index contributed by atoms with van der Waals surface area (Å²) < 4.78 is 1.72. The number of carbonyl (C=O) groups is 3. The topological polar surface area (TPSA) is 197 Å². The van der Waals surface area contributed by atoms with Crippen LogP contribution in [-0.4, -0.2) is 138 Å². The normalized spacial score (nSPS) is 22.0. The summed E-state index contributed by atoms with van der Waals surface area (Å²) in [5, 5.41) is 30.2. The van der Waals surface area contributed by atoms with Crippen LogP contribution in [0, 0.1) is 0 Å². The van der Waals surface area contributed by atoms with Crippen LogP contribution in [0.1, 0.15) is 5.69 Å². The molecule has 0 aliphatic carbocycles. The number of carboxylic acid groups (broad SMARTS) is 1. The van der Waals surface area contributed by atoms with Crippen molar-refractivity contribution < 1.29 is 24.3 Å². The van der Waals surface area contributed by atoms with Crippen molar-refractivity contribution in [3.8, 4) is 0 Å². The van der Waals surface area contributed by atoms with Gasteiger partial charge in [-0.25, -0.2) is 14.5 Å². The summed E-state index contributed by atoms with van der Waals surface area (Å²) in [7, 11) is 3.39. The van der Waals surface area contributed by atoms with E-state index in [1.807, 2.05) is 0 Å². The van der Waals surface area contributed by atoms with Crippen molar-refractivity contribution in [3.63, 3.8) is 0 Å². The van der Waals surface area contributed by atoms with Crippen molar-refractivity contribution >= 4 is 63.5 Å². The lowest BCUT2D eigenvalue weighted by Gasteiger charge is -2.49. The highest BCUT2D eigenvalue weighted by molar-refractivity contribution is 8.01. The number of nitrogens with two attached hydrogens (primary N) is 1. The number of hydrogen-bond donors (Lipinski definition) is 3. The average Bonchev–Trinajstić information content (AvgIpc) is 3.60. The zero-order valence-corrected chi connectivity index (χ0v) is 24.7. The van der Waals surface area contributed by atoms with E-state index in [1.54, 1.807) is 10.1 Å². The van der Waals surface area contributed by atoms with E-state index < -0.39 is 29.2 Å². The second-order valence-electron chi connectivity index (χ2n) is 9.43. The van der Waals surface area contributed by atoms with Gasteiger partial charge < -0.3 is 25.9 Å². The predicted molar refractivity (Wildman–Crippen MR) is 152 cm³/mol. The molecule has 2 amide bonds. The molecule has 5 rings (SSSR count). The Morgan fingerprint density at radius 2 is 2.07 bits per heavy atom. The Morgan fingerprint density at radius 1 is 1.29 bits per heavy atom. The number of aromatic nitrogens is 5. The Morgan fingerprint density at radius 3 is 2.76 bits per heavy atom. The minimum Gasteiger partial charge on any atom is -0.477 e. The van der Waals surface area contributed by atoms with Crippen LogP contribution in [0.25, 0.3) is 0 Å². The second-order valence-corrected chi connectivity index (χ2v) is 12.4. The third kappa shape index (κ3) is 6.32. The van der Waals surface area contributed by atoms with Crippen LogP contribution in [0.3, 0.4) is 0 Å². The maximum Gasteiger partial charge on any atom is 0.352 e. The van der Waals surface area contributed by atoms with Gasteiger partial charge in [-0.3, -0.25) is 19.4 Å². The lowest BCUT2D eigenvalue weighted by Crippen LogP contribution is -2.71. The first-order valence-corrected chi connectivity index (χ1v) is 15.5. The number of piperazine rings is 1. The molecule has 3 aliphatic heterocycles. The highest BCUT2D eigenvalue weighted by Crippen LogP contribution is 2.41. The van der Waals surface area contributed by atoms with Crippen molar-refractivity contribution in [1.82, 2.24) is 45.2 Å². The smallest absolute Gasteiger partial charge is 0.352 e. The Kier molecular flexibility index (Phi) is 9.07. The molecule has 5 heterocycles. The summed E-state index contributed by atoms with van der Waals surface area (Å²) in [5.74, 6) is -1.76. The van der Waals surface area contributed by atoms with Gasteiger partial charge in [0, 0.05) is 49.6 Å². The molecule has 2 fully saturated rings. The highest BCUT2D eigenvalue weighted by atomic mass is 32.2. The molecule has 2 aromatic heterocycles. The SMILES string of the molecule is CO/N=C(/C(=O)NC1C(=O)N2C(C(=O)O)=C(CSc3nnnn3CCN3CCN(C)CC3)CS[C@H]12)c1csc(N)n1. The molecular formula is C22H29N11O5S3. The van der Waals surface area contributed by atoms with Gasteiger partial charge in [0.1, 0.15) is 29.9 Å². The van der Waals surface area contributed by atoms with Crippen LogP contribution in [0.5, 0.6) is 0 Å². The van der Waals surface area contributed by atoms with Crippen molar-refractivity contribution in [1.29, 1.82) is 0 Å². The van der Waals surface area contributed by atoms with Gasteiger partial charge in [-0.05, 0) is 23.0 Å². The van der Waals surface area contributed by atoms with Gasteiger partial charge in [-0.15, -0.1) is 28.2 Å². The summed E-state index contributed by atoms with van der Waals surface area (Å²) in [6.07, 6.45) is 0. The standard InChI is InChI=1S/C22H29N11O5S3/c1-30-3-5-31(6-4-30)7-8-32-22(26-28-29-32)41-10-12-9-39-19-15(18(35)33(19)16(12)20(36)37)25-17(34)14(27-38-2)13-11-40-21(23)24-13/h11,15,19H,3-10H2,1-2H3,(H2,23,24)(H,25,34)(H,36,37)/b27-14+/t15?,19-/m1/s1. The number of likely N-dealkylation sites (N-methyl/N-ethyl adjacent to an activating group) is 1. The molecule has 0 radical (unpaired) electrons. The molecule has 41 heavy (non-hydrogen) atoms. The lowest BCUT2D eigenvalue weighted by atomic mass is 10.0. The van der Waals surface area contributed by atoms with Crippen molar-refractivity contribution in [2.24, 2.45) is 5.16 Å². The van der Waals surface area contributed by atoms with Gasteiger partial charge in [-0.1, -0.05) is 16.9 Å². The first-order chi connectivity index (χ1) is 19.8. The largest absolute Gasteiger partial charge is 0.477 e. The minimum absolute atomic E-state index is 0.0775. The first kappa shape index (κ1) is 29.2. The molecule has 4 N–H and O–H groups in total. The summed E-state index contributed by atoms with van der Waals surface area (Å²) >= 11 is 3.83. The van der Waals surface area contributed by atoms with Crippen LogP contribution < -0.4 is 11.1 Å². The van der Waals surface area contributed by atoms with Gasteiger partial charge in [-0.2, -0.15) is 0 Å². The number of β-lactam (4-membered cyclic amide) rings is 1. The van der Waals surface area contributed by atoms with E-state index >= 15 is 0 Å². The third-order valence-electron chi connectivity index (χ3n) is 6.80. The Labute approximate surface area is 247 Å². The maximum absolute atomic E-state index is 13.1. The number of carboxylic acids is 1. The number of aliphatic carboxylic acids is 1. The van der Waals surface area contributed by atoms with E-state index in [9.17, 15) is 19.5 Å². The Balaban J connectivity index is 1.22. The number of nitrogens with zero attached hydrogens (tertiary/aromatic N) is 9. The van der Waals surface area contributed by atoms with Crippen LogP contribution in [-0.2, 0) is 25.8 Å². The Hall–Kier alpha value is -3.26. The molecule has 220 valence electrons. The van der Waals surface area contributed by atoms with E-state index in [1.165, 1.54) is 35.5 Å². The summed E-state index contributed by atoms with van der Waals surface area (Å²) in [4.78, 5) is 53.0. The fourth-order valence-corrected chi connectivity index (χ4v) is 7.53. The molecule has 3 aliphatic rings. The molecule has 0 aromatic carbocycles. The summed E-state index contributed by atoms with van der Waals surface area (Å²) in [5.41, 5.74) is 6.25. The number of rotatable bonds is 11. The van der Waals surface area contributed by atoms with Gasteiger partial charge in [0.15, 0.2) is 10.8 Å². The first-order valence-electron chi connectivity index (χ1n) is 12.6. The predicted octanol–water partition coefficient (Wildman–Crippen LogP) is -1.16. The van der Waals surface area contributed by atoms with Gasteiger partial charge in [0.05, 0.1) is 6.54 Å². The number of oxime groups is 1. The van der Waals surface area contributed by atoms with Gasteiger partial charge in [0.2, 0.25) is 5.16 Å². The van der Waals surface area contributed by atoms with E-state index in [0.29, 0.717) is 28.8 Å². The number of thioether (sulfide) groups is 2. The fourth-order valence-electron chi connectivity index (χ4n) is 4.60. The molecule has 2 atom stereocenters. The highest BCUT2D eigenvalue weighted by Gasteiger charge is 2.54. The third-order valence-corrected chi connectivity index (χ3v) is 9.85. The van der Waals surface area contributed by atoms with Gasteiger partial charge >= 0.3 is 5.97 Å². The number of tetrazole rings is 1. The molecular weight excluding hydrogens is 595 g/mol. The molecule has 2 aromatic rings. The van der Waals surface area contributed by atoms with Crippen molar-refractivity contribution in [3.05, 3.63) is 22.3 Å². The molecule has 2 saturated heterocycles. The molecule has 1 unspecified atom stereocenters. The van der Waals surface area contributed by atoms with E-state index in [2.05, 4.69) is 47.8 Å². The molecule has 19 heteroatoms. The molecule has 0 bridgehead atoms. The van der Waals surface area contributed by atoms with E-state index in [4.69, 9.17) is 10.6 Å². The monoisotopic (exact) mass is 623 g/mol. The quantitative estimate of drug-likeness (QED) is 0.117. The fraction of sp³-hybridized carbons (Fsp3) is 0.545. The van der Waals surface area contributed by atoms with Crippen LogP contribution in [0.2, 0.25) is 0 Å². The summed E-state index contributed by atoms with van der Waals surface area (Å²) in [6, 6.07) is -0.934. The van der Waals surface area contributed by atoms with E-state index in [-0.39, 0.29) is 22.2 Å². The van der Waals surface area contributed by atoms with E-state index in [0.717, 1.165) is 44.1 Å². The zero-order valence-electron chi connectivity index (χ0n) is 22.3. The number of amides is 2. The molecule has 0 spiro atoms. The number of fused-ring (bicyclic) bond motifs is 1. The number of carbonyl (C=O) groups excluding carboxylic acids is 2. The maximum atomic E-state index is 13.1. The molecule has 16 nitrogen and oxygen atoms in total. The average molecular weight is 624 g/mol. The summed E-state index contributed by atoms with van der Waals surface area (Å²) in [6.45, 7) is 5.44. The van der Waals surface area contributed by atoms with Crippen LogP contribution >= 0.6 is 34.9 Å². The minimum atomic E-state index is -1.21. The van der Waals surface area contributed by atoms with Crippen molar-refractivity contribution in [2.45, 2.75) is 23.1 Å². The van der Waals surface area contributed by atoms with Crippen LogP contribution in [0.15, 0.2) is 27.0 Å². The lowest BCUT2D eigenvalue weighted by molar-refractivity contribution is -0.150. The Bertz CT molecular complexity index is 1370. The van der Waals surface area contributed by atoms with Crippen molar-refractivity contribution in [2.75, 3.05) is 64.1 Å². The zero-order chi connectivity index (χ0) is 29.1. The number of thiazole rings is 1. The number of nitrogen functional groups attached to an aromatic ring is 1. The number of anilines is 1. The van der Waals surface area contributed by atoms with Gasteiger partial charge in [0.25, 0.3) is 11.8 Å². The number of hydrogen-bond acceptors (Lipinski definition) is 15. The second kappa shape index (κ2) is 12.7. The number of nitrogens with one attached hydrogen (secondary N) is 1.